The number of rotatable bonds is 8. The van der Waals surface area contributed by atoms with Gasteiger partial charge in [0.05, 0.1) is 18.7 Å². The van der Waals surface area contributed by atoms with Gasteiger partial charge in [-0.3, -0.25) is 4.79 Å². The van der Waals surface area contributed by atoms with Crippen LogP contribution in [0.4, 0.5) is 0 Å². The van der Waals surface area contributed by atoms with Crippen molar-refractivity contribution >= 4 is 17.5 Å². The summed E-state index contributed by atoms with van der Waals surface area (Å²) in [5, 5.41) is 3.16. The molecule has 2 rings (SSSR count). The fourth-order valence-electron chi connectivity index (χ4n) is 2.32. The Hall–Kier alpha value is -2.24. The van der Waals surface area contributed by atoms with Crippen molar-refractivity contribution < 1.29 is 14.3 Å². The number of hydrogen-bond donors (Lipinski definition) is 2. The number of carbonyl (C=O) groups excluding carboxylic acids is 1. The lowest BCUT2D eigenvalue weighted by molar-refractivity contribution is 0.0950. The van der Waals surface area contributed by atoms with Gasteiger partial charge in [0.25, 0.3) is 5.91 Å². The number of benzene rings is 2. The molecule has 25 heavy (non-hydrogen) atoms. The van der Waals surface area contributed by atoms with Crippen molar-refractivity contribution in [3.05, 3.63) is 58.6 Å². The van der Waals surface area contributed by atoms with Crippen molar-refractivity contribution in [2.45, 2.75) is 19.4 Å². The van der Waals surface area contributed by atoms with Crippen LogP contribution in [0.25, 0.3) is 0 Å². The van der Waals surface area contributed by atoms with E-state index >= 15 is 0 Å². The lowest BCUT2D eigenvalue weighted by Gasteiger charge is -2.15. The normalized spacial score (nSPS) is 11.7. The molecule has 0 heterocycles. The van der Waals surface area contributed by atoms with Gasteiger partial charge < -0.3 is 20.5 Å². The molecule has 0 aromatic heterocycles. The molecule has 0 saturated carbocycles. The van der Waals surface area contributed by atoms with Gasteiger partial charge in [-0.1, -0.05) is 48.9 Å². The highest BCUT2D eigenvalue weighted by molar-refractivity contribution is 6.32. The van der Waals surface area contributed by atoms with Crippen molar-refractivity contribution in [2.24, 2.45) is 5.73 Å². The Bertz CT molecular complexity index is 707. The van der Waals surface area contributed by atoms with E-state index in [1.165, 1.54) is 7.11 Å². The van der Waals surface area contributed by atoms with Gasteiger partial charge in [0, 0.05) is 18.2 Å². The number of nitrogens with one attached hydrogen (secondary N) is 1. The summed E-state index contributed by atoms with van der Waals surface area (Å²) in [5.41, 5.74) is 7.46. The van der Waals surface area contributed by atoms with Crippen LogP contribution in [-0.4, -0.2) is 26.2 Å². The number of methoxy groups -OCH3 is 1. The largest absolute Gasteiger partial charge is 0.493 e. The average Bonchev–Trinajstić information content (AvgIpc) is 2.64. The summed E-state index contributed by atoms with van der Waals surface area (Å²) in [6.07, 6.45) is 0.846. The molecular formula is C19H23ClN2O3. The first-order valence-corrected chi connectivity index (χ1v) is 8.53. The van der Waals surface area contributed by atoms with E-state index in [0.29, 0.717) is 35.2 Å². The van der Waals surface area contributed by atoms with Crippen LogP contribution in [0, 0.1) is 0 Å². The fraction of sp³-hybridized carbons (Fsp3) is 0.316. The van der Waals surface area contributed by atoms with Crippen LogP contribution in [0.2, 0.25) is 5.02 Å². The summed E-state index contributed by atoms with van der Waals surface area (Å²) in [7, 11) is 1.51. The average molecular weight is 363 g/mol. The summed E-state index contributed by atoms with van der Waals surface area (Å²) in [4.78, 5) is 12.4. The molecule has 0 aliphatic carbocycles. The predicted molar refractivity (Wildman–Crippen MR) is 99.5 cm³/mol. The summed E-state index contributed by atoms with van der Waals surface area (Å²) < 4.78 is 10.9. The zero-order valence-corrected chi connectivity index (χ0v) is 15.2. The maximum Gasteiger partial charge on any atom is 0.251 e. The van der Waals surface area contributed by atoms with Crippen LogP contribution >= 0.6 is 11.6 Å². The first-order chi connectivity index (χ1) is 12.1. The lowest BCUT2D eigenvalue weighted by atomic mass is 10.1. The highest BCUT2D eigenvalue weighted by Gasteiger charge is 2.16. The maximum absolute atomic E-state index is 12.4. The Morgan fingerprint density at radius 2 is 2.00 bits per heavy atom. The molecule has 0 saturated heterocycles. The minimum Gasteiger partial charge on any atom is -0.493 e. The molecule has 2 aromatic rings. The van der Waals surface area contributed by atoms with E-state index in [4.69, 9.17) is 26.8 Å². The van der Waals surface area contributed by atoms with Gasteiger partial charge in [-0.15, -0.1) is 0 Å². The van der Waals surface area contributed by atoms with Crippen molar-refractivity contribution in [1.82, 2.24) is 5.32 Å². The van der Waals surface area contributed by atoms with Gasteiger partial charge in [-0.05, 0) is 24.1 Å². The van der Waals surface area contributed by atoms with Crippen LogP contribution in [0.1, 0.15) is 35.3 Å². The van der Waals surface area contributed by atoms with Gasteiger partial charge in [0.2, 0.25) is 0 Å². The first kappa shape index (κ1) is 19.1. The Balaban J connectivity index is 2.07. The summed E-state index contributed by atoms with van der Waals surface area (Å²) in [5.74, 6) is 0.607. The van der Waals surface area contributed by atoms with E-state index in [1.807, 2.05) is 37.3 Å². The van der Waals surface area contributed by atoms with Crippen LogP contribution in [-0.2, 0) is 0 Å². The number of nitrogens with two attached hydrogens (primary N) is 1. The van der Waals surface area contributed by atoms with Crippen LogP contribution in [0.3, 0.4) is 0 Å². The number of ether oxygens (including phenoxy) is 2. The molecule has 2 aromatic carbocycles. The summed E-state index contributed by atoms with van der Waals surface area (Å²) in [6, 6.07) is 12.5. The van der Waals surface area contributed by atoms with E-state index < -0.39 is 0 Å². The molecule has 3 N–H and O–H groups in total. The molecular weight excluding hydrogens is 340 g/mol. The Labute approximate surface area is 153 Å². The van der Waals surface area contributed by atoms with Crippen LogP contribution in [0.5, 0.6) is 11.5 Å². The van der Waals surface area contributed by atoms with Gasteiger partial charge >= 0.3 is 0 Å². The number of hydrogen-bond acceptors (Lipinski definition) is 4. The van der Waals surface area contributed by atoms with E-state index in [1.54, 1.807) is 12.1 Å². The molecule has 1 unspecified atom stereocenters. The Morgan fingerprint density at radius 3 is 2.64 bits per heavy atom. The first-order valence-electron chi connectivity index (χ1n) is 8.15. The quantitative estimate of drug-likeness (QED) is 0.753. The third-order valence-corrected chi connectivity index (χ3v) is 3.93. The molecule has 0 aliphatic heterocycles. The number of halogens is 1. The third-order valence-electron chi connectivity index (χ3n) is 3.65. The second-order valence-electron chi connectivity index (χ2n) is 5.57. The Morgan fingerprint density at radius 1 is 1.28 bits per heavy atom. The standard InChI is InChI=1S/C19H23ClN2O3/c1-3-9-25-18-15(20)10-14(11-17(18)24-2)19(23)22-12-16(21)13-7-5-4-6-8-13/h4-8,10-11,16H,3,9,12,21H2,1-2H3,(H,22,23). The smallest absolute Gasteiger partial charge is 0.251 e. The highest BCUT2D eigenvalue weighted by atomic mass is 35.5. The summed E-state index contributed by atoms with van der Waals surface area (Å²) >= 11 is 6.24. The molecule has 134 valence electrons. The van der Waals surface area contributed by atoms with Gasteiger partial charge in [-0.2, -0.15) is 0 Å². The lowest BCUT2D eigenvalue weighted by Crippen LogP contribution is -2.31. The molecule has 0 aliphatic rings. The van der Waals surface area contributed by atoms with Crippen LogP contribution < -0.4 is 20.5 Å². The zero-order valence-electron chi connectivity index (χ0n) is 14.4. The van der Waals surface area contributed by atoms with Gasteiger partial charge in [-0.25, -0.2) is 0 Å². The van der Waals surface area contributed by atoms with E-state index in [9.17, 15) is 4.79 Å². The molecule has 1 amide bonds. The van der Waals surface area contributed by atoms with Crippen molar-refractivity contribution in [1.29, 1.82) is 0 Å². The monoisotopic (exact) mass is 362 g/mol. The molecule has 0 bridgehead atoms. The maximum atomic E-state index is 12.4. The highest BCUT2D eigenvalue weighted by Crippen LogP contribution is 2.36. The number of amides is 1. The SMILES string of the molecule is CCCOc1c(Cl)cc(C(=O)NCC(N)c2ccccc2)cc1OC. The second-order valence-corrected chi connectivity index (χ2v) is 5.97. The predicted octanol–water partition coefficient (Wildman–Crippen LogP) is 3.57. The minimum absolute atomic E-state index is 0.270. The Kier molecular flexibility index (Phi) is 7.10. The molecule has 1 atom stereocenters. The topological polar surface area (TPSA) is 73.6 Å². The van der Waals surface area contributed by atoms with Gasteiger partial charge in [0.15, 0.2) is 11.5 Å². The van der Waals surface area contributed by atoms with Crippen LogP contribution in [0.15, 0.2) is 42.5 Å². The molecule has 0 spiro atoms. The molecule has 5 nitrogen and oxygen atoms in total. The van der Waals surface area contributed by atoms with E-state index in [2.05, 4.69) is 5.32 Å². The van der Waals surface area contributed by atoms with E-state index in [-0.39, 0.29) is 11.9 Å². The fourth-order valence-corrected chi connectivity index (χ4v) is 2.58. The second kappa shape index (κ2) is 9.30. The van der Waals surface area contributed by atoms with Gasteiger partial charge in [0.1, 0.15) is 0 Å². The van der Waals surface area contributed by atoms with Crippen molar-refractivity contribution in [3.8, 4) is 11.5 Å². The third kappa shape index (κ3) is 5.11. The minimum atomic E-state index is -0.283. The van der Waals surface area contributed by atoms with E-state index in [0.717, 1.165) is 12.0 Å². The molecule has 6 heteroatoms. The van der Waals surface area contributed by atoms with Crippen molar-refractivity contribution in [3.63, 3.8) is 0 Å². The molecule has 0 fully saturated rings. The van der Waals surface area contributed by atoms with Crippen molar-refractivity contribution in [2.75, 3.05) is 20.3 Å². The summed E-state index contributed by atoms with van der Waals surface area (Å²) in [6.45, 7) is 2.84. The molecule has 0 radical (unpaired) electrons. The zero-order chi connectivity index (χ0) is 18.2. The number of carbonyl (C=O) groups is 1.